The number of hydrogen-bond acceptors (Lipinski definition) is 16. The van der Waals surface area contributed by atoms with Crippen LogP contribution >= 0.6 is 58.8 Å². The zero-order chi connectivity index (χ0) is 57.5. The van der Waals surface area contributed by atoms with Gasteiger partial charge in [-0.05, 0) is 107 Å². The van der Waals surface area contributed by atoms with Crippen LogP contribution in [0.25, 0.3) is 22.8 Å². The first kappa shape index (κ1) is 65.2. The molecule has 450 valence electrons. The third kappa shape index (κ3) is 20.7. The fourth-order valence-electron chi connectivity index (χ4n) is 9.59. The number of tetrazole rings is 2. The van der Waals surface area contributed by atoms with Gasteiger partial charge in [-0.1, -0.05) is 82.8 Å². The molecule has 2 aliphatic heterocycles. The van der Waals surface area contributed by atoms with Crippen LogP contribution in [0.2, 0.25) is 20.1 Å². The molecule has 6 aromatic rings. The van der Waals surface area contributed by atoms with Gasteiger partial charge in [0.25, 0.3) is 0 Å². The molecule has 0 fully saturated rings. The molecular formula is C56H73Cl5N14O8. The number of likely N-dealkylation sites (N-methyl/N-ethyl adjacent to an activating group) is 2. The third-order valence-corrected chi connectivity index (χ3v) is 14.7. The number of ether oxygens (including phenoxy) is 6. The summed E-state index contributed by atoms with van der Waals surface area (Å²) in [4.78, 5) is 31.8. The van der Waals surface area contributed by atoms with Gasteiger partial charge >= 0.3 is 12.1 Å². The monoisotopic (exact) mass is 1240 g/mol. The Morgan fingerprint density at radius 2 is 0.880 bits per heavy atom. The molecule has 27 heteroatoms. The molecule has 0 aliphatic carbocycles. The number of hydrogen-bond donors (Lipinski definition) is 4. The Kier molecular flexibility index (Phi) is 27.2. The third-order valence-electron chi connectivity index (χ3n) is 13.6. The number of carbonyl (C=O) groups is 2. The highest BCUT2D eigenvalue weighted by Gasteiger charge is 2.29. The molecule has 0 bridgehead atoms. The van der Waals surface area contributed by atoms with Crippen molar-refractivity contribution in [2.45, 2.75) is 50.9 Å². The number of nitrogens with one attached hydrogen (secondary N) is 4. The second-order valence-electron chi connectivity index (χ2n) is 19.8. The SMILES string of the molecule is CN1Cc2c(Cl)cc(Cl)cc2[C@H](c2cccc(-c3nnn(CCOCCOCCOCCNC(=O)NCCCCNC(=O)NCCOCCOCCOCCn4nnc(-c5cccc([C@@H]6CN(C)Cc7c(Cl)cc(Cl)cc76)c5)n4)n3)c2)C1.Cl. The molecule has 0 unspecified atom stereocenters. The van der Waals surface area contributed by atoms with E-state index in [2.05, 4.69) is 100 Å². The van der Waals surface area contributed by atoms with E-state index in [1.807, 2.05) is 36.4 Å². The van der Waals surface area contributed by atoms with E-state index in [0.29, 0.717) is 163 Å². The number of carbonyl (C=O) groups excluding carboxylic acids is 2. The molecule has 2 aromatic heterocycles. The molecule has 83 heavy (non-hydrogen) atoms. The summed E-state index contributed by atoms with van der Waals surface area (Å²) in [5.74, 6) is 1.29. The number of benzene rings is 4. The van der Waals surface area contributed by atoms with E-state index in [4.69, 9.17) is 74.8 Å². The summed E-state index contributed by atoms with van der Waals surface area (Å²) >= 11 is 26.0. The first-order valence-corrected chi connectivity index (χ1v) is 29.1. The molecule has 4 heterocycles. The fraction of sp³-hybridized carbons (Fsp3) is 0.500. The normalized spacial score (nSPS) is 15.1. The largest absolute Gasteiger partial charge is 0.377 e. The lowest BCUT2D eigenvalue weighted by Crippen LogP contribution is -2.39. The van der Waals surface area contributed by atoms with Gasteiger partial charge in [0.1, 0.15) is 0 Å². The molecule has 2 atom stereocenters. The lowest BCUT2D eigenvalue weighted by atomic mass is 9.84. The number of nitrogens with zero attached hydrogens (tertiary/aromatic N) is 10. The van der Waals surface area contributed by atoms with Crippen molar-refractivity contribution in [3.05, 3.63) is 126 Å². The van der Waals surface area contributed by atoms with Crippen LogP contribution < -0.4 is 21.3 Å². The fourth-order valence-corrected chi connectivity index (χ4v) is 10.7. The topological polar surface area (TPSA) is 231 Å². The number of fused-ring (bicyclic) bond motifs is 2. The van der Waals surface area contributed by atoms with Crippen molar-refractivity contribution in [2.24, 2.45) is 0 Å². The van der Waals surface area contributed by atoms with Crippen LogP contribution in [0.5, 0.6) is 0 Å². The highest BCUT2D eigenvalue weighted by molar-refractivity contribution is 6.35. The number of rotatable bonds is 33. The Bertz CT molecular complexity index is 2780. The molecular weight excluding hydrogens is 1170 g/mol. The molecule has 0 spiro atoms. The van der Waals surface area contributed by atoms with E-state index >= 15 is 0 Å². The van der Waals surface area contributed by atoms with Crippen LogP contribution in [-0.4, -0.2) is 195 Å². The molecule has 4 aromatic carbocycles. The molecule has 4 amide bonds. The highest BCUT2D eigenvalue weighted by atomic mass is 35.5. The van der Waals surface area contributed by atoms with Gasteiger partial charge in [-0.15, -0.1) is 32.8 Å². The van der Waals surface area contributed by atoms with E-state index in [9.17, 15) is 9.59 Å². The predicted octanol–water partition coefficient (Wildman–Crippen LogP) is 7.36. The van der Waals surface area contributed by atoms with Gasteiger partial charge in [-0.2, -0.15) is 9.59 Å². The van der Waals surface area contributed by atoms with Crippen LogP contribution in [0.1, 0.15) is 58.1 Å². The minimum Gasteiger partial charge on any atom is -0.377 e. The summed E-state index contributed by atoms with van der Waals surface area (Å²) in [6, 6.07) is 23.5. The van der Waals surface area contributed by atoms with Crippen LogP contribution in [0.15, 0.2) is 72.8 Å². The molecule has 0 radical (unpaired) electrons. The van der Waals surface area contributed by atoms with Crippen molar-refractivity contribution in [3.8, 4) is 22.8 Å². The van der Waals surface area contributed by atoms with Crippen LogP contribution in [-0.2, 0) is 54.6 Å². The molecule has 8 rings (SSSR count). The number of unbranched alkanes of at least 4 members (excludes halogenated alkanes) is 1. The summed E-state index contributed by atoms with van der Waals surface area (Å²) in [6.07, 6.45) is 1.41. The molecule has 2 aliphatic rings. The first-order chi connectivity index (χ1) is 40.0. The quantitative estimate of drug-likeness (QED) is 0.0295. The maximum Gasteiger partial charge on any atom is 0.314 e. The zero-order valence-electron chi connectivity index (χ0n) is 46.7. The molecule has 4 N–H and O–H groups in total. The smallest absolute Gasteiger partial charge is 0.314 e. The van der Waals surface area contributed by atoms with Gasteiger partial charge in [-0.25, -0.2) is 9.59 Å². The molecule has 0 saturated heterocycles. The zero-order valence-corrected chi connectivity index (χ0v) is 50.6. The van der Waals surface area contributed by atoms with Gasteiger partial charge in [-0.3, -0.25) is 0 Å². The highest BCUT2D eigenvalue weighted by Crippen LogP contribution is 2.41. The van der Waals surface area contributed by atoms with Crippen molar-refractivity contribution in [1.29, 1.82) is 0 Å². The Morgan fingerprint density at radius 1 is 0.506 bits per heavy atom. The van der Waals surface area contributed by atoms with Crippen LogP contribution in [0.3, 0.4) is 0 Å². The van der Waals surface area contributed by atoms with E-state index in [-0.39, 0.29) is 36.3 Å². The molecule has 22 nitrogen and oxygen atoms in total. The number of amides is 4. The summed E-state index contributed by atoms with van der Waals surface area (Å²) in [5.41, 5.74) is 8.51. The van der Waals surface area contributed by atoms with Crippen molar-refractivity contribution in [1.82, 2.24) is 71.5 Å². The maximum absolute atomic E-state index is 12.1. The Labute approximate surface area is 510 Å². The second-order valence-corrected chi connectivity index (χ2v) is 21.5. The van der Waals surface area contributed by atoms with Gasteiger partial charge in [0, 0.05) is 95.4 Å². The van der Waals surface area contributed by atoms with Gasteiger partial charge in [0.2, 0.25) is 11.6 Å². The molecule has 0 saturated carbocycles. The van der Waals surface area contributed by atoms with Crippen LogP contribution in [0.4, 0.5) is 9.59 Å². The van der Waals surface area contributed by atoms with Gasteiger partial charge in [0.05, 0.1) is 92.4 Å². The Morgan fingerprint density at radius 3 is 1.29 bits per heavy atom. The van der Waals surface area contributed by atoms with E-state index in [1.54, 1.807) is 12.1 Å². The minimum absolute atomic E-state index is 0. The summed E-state index contributed by atoms with van der Waals surface area (Å²) in [7, 11) is 4.18. The van der Waals surface area contributed by atoms with Gasteiger partial charge in [0.15, 0.2) is 0 Å². The summed E-state index contributed by atoms with van der Waals surface area (Å²) in [5, 5.41) is 39.9. The van der Waals surface area contributed by atoms with Gasteiger partial charge < -0.3 is 59.5 Å². The Balaban J connectivity index is 0.00000990. The second kappa shape index (κ2) is 34.6. The minimum atomic E-state index is -0.279. The first-order valence-electron chi connectivity index (χ1n) is 27.6. The predicted molar refractivity (Wildman–Crippen MR) is 320 cm³/mol. The van der Waals surface area contributed by atoms with E-state index in [1.165, 1.54) is 9.59 Å². The summed E-state index contributed by atoms with van der Waals surface area (Å²) in [6.45, 7) is 10.5. The van der Waals surface area contributed by atoms with Crippen molar-refractivity contribution < 1.29 is 38.0 Å². The number of halogens is 5. The average molecular weight is 1250 g/mol. The van der Waals surface area contributed by atoms with Crippen molar-refractivity contribution >= 4 is 70.9 Å². The lowest BCUT2D eigenvalue weighted by Gasteiger charge is -2.33. The number of urea groups is 2. The van der Waals surface area contributed by atoms with E-state index < -0.39 is 0 Å². The van der Waals surface area contributed by atoms with Crippen LogP contribution in [0, 0.1) is 0 Å². The lowest BCUT2D eigenvalue weighted by molar-refractivity contribution is 0.0130. The Hall–Kier alpha value is -5.31. The van der Waals surface area contributed by atoms with Crippen molar-refractivity contribution in [3.63, 3.8) is 0 Å². The summed E-state index contributed by atoms with van der Waals surface area (Å²) < 4.78 is 33.7. The average Bonchev–Trinajstić information content (AvgIpc) is 3.79. The maximum atomic E-state index is 12.1. The number of aromatic nitrogens is 8. The van der Waals surface area contributed by atoms with E-state index in [0.717, 1.165) is 70.7 Å². The van der Waals surface area contributed by atoms with Crippen molar-refractivity contribution in [2.75, 3.05) is 133 Å². The standard InChI is InChI=1S/C56H72Cl4N14O8.ClH/c1-71-35-47(45-31-43(57)33-51(59)49(45)37-71)39-7-5-9-41(29-39)53-65-69-73(67-53)15-19-79-23-27-81-25-21-77-17-13-63-55(75)61-11-3-4-12-62-56(76)64-14-18-78-22-26-82-28-24-80-20-16-74-68-54(66-70-74)42-10-6-8-40(30-42)48-36-72(2)38-50-46(48)32-44(58)34-52(50)60;/h5-10,29-34,47-48H,3-4,11-28,35-38H2,1-2H3,(H2,61,63,75)(H2,62,64,76);1H/t47-,48-;/m0./s1.